The van der Waals surface area contributed by atoms with E-state index in [1.807, 2.05) is 24.3 Å². The lowest BCUT2D eigenvalue weighted by molar-refractivity contribution is 0.509. The van der Waals surface area contributed by atoms with Crippen molar-refractivity contribution in [3.63, 3.8) is 0 Å². The van der Waals surface area contributed by atoms with E-state index in [-0.39, 0.29) is 5.92 Å². The molecule has 0 radical (unpaired) electrons. The van der Waals surface area contributed by atoms with Gasteiger partial charge in [0, 0.05) is 0 Å². The topological polar surface area (TPSA) is 65.2 Å². The highest BCUT2D eigenvalue weighted by molar-refractivity contribution is 8.06. The molecule has 1 aliphatic heterocycles. The zero-order valence-electron chi connectivity index (χ0n) is 6.94. The second-order valence-electron chi connectivity index (χ2n) is 2.78. The van der Waals surface area contributed by atoms with E-state index in [1.54, 1.807) is 6.26 Å². The smallest absolute Gasteiger partial charge is 0.114 e. The number of allylic oxidation sites excluding steroid dienone is 2. The summed E-state index contributed by atoms with van der Waals surface area (Å²) in [5, 5.41) is 1.45. The van der Waals surface area contributed by atoms with Crippen LogP contribution in [0.2, 0.25) is 0 Å². The summed E-state index contributed by atoms with van der Waals surface area (Å²) in [7, 11) is 0. The highest BCUT2D eigenvalue weighted by Gasteiger charge is 2.15. The second kappa shape index (κ2) is 3.22. The van der Waals surface area contributed by atoms with Crippen molar-refractivity contribution in [3.05, 3.63) is 46.4 Å². The number of hydrogen-bond acceptors (Lipinski definition) is 4. The fraction of sp³-hybridized carbons (Fsp3) is 0.111. The van der Waals surface area contributed by atoms with Crippen LogP contribution in [0.4, 0.5) is 0 Å². The van der Waals surface area contributed by atoms with Gasteiger partial charge in [0.25, 0.3) is 0 Å². The summed E-state index contributed by atoms with van der Waals surface area (Å²) < 4.78 is 5.26. The number of furan rings is 1. The fourth-order valence-electron chi connectivity index (χ4n) is 1.25. The van der Waals surface area contributed by atoms with E-state index >= 15 is 0 Å². The summed E-state index contributed by atoms with van der Waals surface area (Å²) in [6, 6.07) is 3.76. The molecule has 4 N–H and O–H groups in total. The average Bonchev–Trinajstić information content (AvgIpc) is 2.53. The molecule has 4 heteroatoms. The van der Waals surface area contributed by atoms with E-state index in [1.165, 1.54) is 11.8 Å². The van der Waals surface area contributed by atoms with Gasteiger partial charge in [0.15, 0.2) is 0 Å². The summed E-state index contributed by atoms with van der Waals surface area (Å²) in [6.07, 6.45) is 5.50. The molecule has 2 rings (SSSR count). The van der Waals surface area contributed by atoms with E-state index in [4.69, 9.17) is 15.9 Å². The van der Waals surface area contributed by atoms with Crippen molar-refractivity contribution in [1.29, 1.82) is 0 Å². The van der Waals surface area contributed by atoms with Crippen LogP contribution in [0, 0.1) is 0 Å². The lowest BCUT2D eigenvalue weighted by Gasteiger charge is -2.13. The molecule has 1 aromatic heterocycles. The maximum absolute atomic E-state index is 5.68. The molecule has 0 bridgehead atoms. The van der Waals surface area contributed by atoms with Gasteiger partial charge in [-0.1, -0.05) is 11.8 Å². The number of hydrogen-bond donors (Lipinski definition) is 2. The molecular formula is C9H10N2OS. The molecule has 13 heavy (non-hydrogen) atoms. The molecule has 0 saturated heterocycles. The van der Waals surface area contributed by atoms with Crippen LogP contribution in [-0.4, -0.2) is 0 Å². The van der Waals surface area contributed by atoms with Gasteiger partial charge < -0.3 is 15.9 Å². The van der Waals surface area contributed by atoms with Crippen molar-refractivity contribution in [3.8, 4) is 0 Å². The zero-order valence-corrected chi connectivity index (χ0v) is 7.75. The van der Waals surface area contributed by atoms with E-state index in [2.05, 4.69) is 0 Å². The van der Waals surface area contributed by atoms with Crippen LogP contribution in [0.5, 0.6) is 0 Å². The van der Waals surface area contributed by atoms with Crippen LogP contribution >= 0.6 is 11.8 Å². The second-order valence-corrected chi connectivity index (χ2v) is 3.93. The van der Waals surface area contributed by atoms with Gasteiger partial charge in [0.2, 0.25) is 0 Å². The van der Waals surface area contributed by atoms with Crippen molar-refractivity contribution >= 4 is 11.8 Å². The molecule has 0 spiro atoms. The fourth-order valence-corrected chi connectivity index (χ4v) is 1.95. The van der Waals surface area contributed by atoms with E-state index in [9.17, 15) is 0 Å². The van der Waals surface area contributed by atoms with Gasteiger partial charge in [-0.2, -0.15) is 0 Å². The Balaban J connectivity index is 2.29. The summed E-state index contributed by atoms with van der Waals surface area (Å²) in [6.45, 7) is 0. The first-order valence-electron chi connectivity index (χ1n) is 3.91. The first kappa shape index (κ1) is 8.31. The minimum Gasteiger partial charge on any atom is -0.468 e. The Bertz CT molecular complexity index is 336. The number of nitrogens with two attached hydrogens (primary N) is 2. The molecule has 0 unspecified atom stereocenters. The molecule has 3 nitrogen and oxygen atoms in total. The zero-order chi connectivity index (χ0) is 9.26. The monoisotopic (exact) mass is 194 g/mol. The Labute approximate surface area is 80.5 Å². The van der Waals surface area contributed by atoms with Gasteiger partial charge in [-0.15, -0.1) is 0 Å². The van der Waals surface area contributed by atoms with Crippen LogP contribution in [0.1, 0.15) is 11.7 Å². The number of rotatable bonds is 1. The first-order chi connectivity index (χ1) is 6.25. The van der Waals surface area contributed by atoms with Crippen LogP contribution in [-0.2, 0) is 0 Å². The SMILES string of the molecule is NC1=CC(c2ccco2)C=C(N)S1. The maximum atomic E-state index is 5.68. The van der Waals surface area contributed by atoms with Gasteiger partial charge in [-0.3, -0.25) is 0 Å². The van der Waals surface area contributed by atoms with Crippen LogP contribution in [0.3, 0.4) is 0 Å². The predicted molar refractivity (Wildman–Crippen MR) is 53.6 cm³/mol. The summed E-state index contributed by atoms with van der Waals surface area (Å²) in [5.41, 5.74) is 11.4. The Kier molecular flexibility index (Phi) is 2.06. The van der Waals surface area contributed by atoms with Gasteiger partial charge >= 0.3 is 0 Å². The molecule has 0 saturated carbocycles. The predicted octanol–water partition coefficient (Wildman–Crippen LogP) is 1.71. The van der Waals surface area contributed by atoms with Crippen molar-refractivity contribution in [1.82, 2.24) is 0 Å². The normalized spacial score (nSPS) is 18.2. The highest BCUT2D eigenvalue weighted by Crippen LogP contribution is 2.31. The third-order valence-corrected chi connectivity index (χ3v) is 2.54. The highest BCUT2D eigenvalue weighted by atomic mass is 32.2. The van der Waals surface area contributed by atoms with E-state index in [0.29, 0.717) is 0 Å². The molecule has 0 aromatic carbocycles. The molecular weight excluding hydrogens is 184 g/mol. The van der Waals surface area contributed by atoms with Crippen LogP contribution < -0.4 is 11.5 Å². The summed E-state index contributed by atoms with van der Waals surface area (Å²) in [5.74, 6) is 0.947. The van der Waals surface area contributed by atoms with E-state index in [0.717, 1.165) is 15.8 Å². The van der Waals surface area contributed by atoms with Gasteiger partial charge in [0.05, 0.1) is 22.2 Å². The summed E-state index contributed by atoms with van der Waals surface area (Å²) in [4.78, 5) is 0. The van der Waals surface area contributed by atoms with Crippen LogP contribution in [0.15, 0.2) is 45.0 Å². The van der Waals surface area contributed by atoms with Gasteiger partial charge in [-0.25, -0.2) is 0 Å². The quantitative estimate of drug-likeness (QED) is 0.714. The third kappa shape index (κ3) is 1.72. The molecule has 68 valence electrons. The molecule has 1 aromatic rings. The minimum absolute atomic E-state index is 0.0799. The third-order valence-electron chi connectivity index (χ3n) is 1.80. The first-order valence-corrected chi connectivity index (χ1v) is 4.73. The lowest BCUT2D eigenvalue weighted by atomic mass is 10.1. The Morgan fingerprint density at radius 3 is 2.46 bits per heavy atom. The van der Waals surface area contributed by atoms with Crippen LogP contribution in [0.25, 0.3) is 0 Å². The average molecular weight is 194 g/mol. The van der Waals surface area contributed by atoms with Gasteiger partial charge in [-0.05, 0) is 24.3 Å². The van der Waals surface area contributed by atoms with Crippen molar-refractivity contribution in [2.45, 2.75) is 5.92 Å². The molecule has 0 aliphatic carbocycles. The maximum Gasteiger partial charge on any atom is 0.114 e. The molecule has 0 amide bonds. The molecule has 1 aliphatic rings. The largest absolute Gasteiger partial charge is 0.468 e. The summed E-state index contributed by atoms with van der Waals surface area (Å²) >= 11 is 1.38. The van der Waals surface area contributed by atoms with Crippen molar-refractivity contribution < 1.29 is 4.42 Å². The van der Waals surface area contributed by atoms with Crippen molar-refractivity contribution in [2.24, 2.45) is 11.5 Å². The lowest BCUT2D eigenvalue weighted by Crippen LogP contribution is -2.07. The van der Waals surface area contributed by atoms with Crippen molar-refractivity contribution in [2.75, 3.05) is 0 Å². The Morgan fingerprint density at radius 1 is 1.23 bits per heavy atom. The number of thioether (sulfide) groups is 1. The Hall–Kier alpha value is -1.29. The molecule has 2 heterocycles. The molecule has 0 atom stereocenters. The Morgan fingerprint density at radius 2 is 1.92 bits per heavy atom. The molecule has 0 fully saturated rings. The van der Waals surface area contributed by atoms with Gasteiger partial charge in [0.1, 0.15) is 5.76 Å². The standard InChI is InChI=1S/C9H10N2OS/c10-8-4-6(5-9(11)13-8)7-2-1-3-12-7/h1-6H,10-11H2. The van der Waals surface area contributed by atoms with E-state index < -0.39 is 0 Å². The minimum atomic E-state index is 0.0799.